The molecule has 2 saturated carbocycles. The summed E-state index contributed by atoms with van der Waals surface area (Å²) in [6.07, 6.45) is 12.8. The Balaban J connectivity index is 0.00000200. The normalized spacial score (nSPS) is 19.4. The van der Waals surface area contributed by atoms with Crippen LogP contribution in [-0.4, -0.2) is 56.9 Å². The fourth-order valence-corrected chi connectivity index (χ4v) is 5.61. The summed E-state index contributed by atoms with van der Waals surface area (Å²) in [6, 6.07) is 8.70. The van der Waals surface area contributed by atoms with Gasteiger partial charge in [0.25, 0.3) is 5.91 Å². The Morgan fingerprint density at radius 3 is 2.42 bits per heavy atom. The molecular formula is C26H38Cl2N8OS. The number of carbonyl (C=O) groups is 1. The Bertz CT molecular complexity index is 1180. The second kappa shape index (κ2) is 14.2. The number of rotatable bonds is 9. The van der Waals surface area contributed by atoms with Crippen LogP contribution in [0.3, 0.4) is 0 Å². The fraction of sp³-hybridized carbons (Fsp3) is 0.538. The first-order chi connectivity index (χ1) is 17.6. The van der Waals surface area contributed by atoms with Gasteiger partial charge in [-0.25, -0.2) is 4.98 Å². The molecule has 5 rings (SSSR count). The van der Waals surface area contributed by atoms with E-state index in [4.69, 9.17) is 15.7 Å². The lowest BCUT2D eigenvalue weighted by Crippen LogP contribution is -2.33. The van der Waals surface area contributed by atoms with Gasteiger partial charge in [0.2, 0.25) is 5.95 Å². The third kappa shape index (κ3) is 7.22. The Morgan fingerprint density at radius 2 is 1.74 bits per heavy atom. The van der Waals surface area contributed by atoms with E-state index in [9.17, 15) is 4.79 Å². The van der Waals surface area contributed by atoms with E-state index in [0.717, 1.165) is 54.6 Å². The van der Waals surface area contributed by atoms with Crippen LogP contribution in [0.4, 0.5) is 11.8 Å². The van der Waals surface area contributed by atoms with Crippen molar-refractivity contribution in [3.63, 3.8) is 0 Å². The van der Waals surface area contributed by atoms with E-state index in [-0.39, 0.29) is 30.7 Å². The Hall–Kier alpha value is -2.27. The molecule has 9 nitrogen and oxygen atoms in total. The Labute approximate surface area is 240 Å². The number of hydrogen-bond donors (Lipinski definition) is 4. The lowest BCUT2D eigenvalue weighted by atomic mass is 9.92. The van der Waals surface area contributed by atoms with Crippen LogP contribution in [0.1, 0.15) is 67.8 Å². The molecule has 0 aliphatic heterocycles. The monoisotopic (exact) mass is 580 g/mol. The smallest absolute Gasteiger partial charge is 0.251 e. The molecule has 0 saturated heterocycles. The summed E-state index contributed by atoms with van der Waals surface area (Å²) >= 11 is 1.66. The first-order valence-corrected chi connectivity index (χ1v) is 14.3. The highest BCUT2D eigenvalue weighted by molar-refractivity contribution is 7.98. The number of nitrogens with two attached hydrogens (primary N) is 1. The van der Waals surface area contributed by atoms with Gasteiger partial charge in [0.05, 0.1) is 6.33 Å². The number of hydrogen-bond acceptors (Lipinski definition) is 8. The van der Waals surface area contributed by atoms with Crippen LogP contribution in [0.5, 0.6) is 0 Å². The molecule has 5 N–H and O–H groups in total. The highest BCUT2D eigenvalue weighted by Crippen LogP contribution is 2.33. The minimum Gasteiger partial charge on any atom is -0.366 e. The van der Waals surface area contributed by atoms with Crippen molar-refractivity contribution in [3.05, 3.63) is 36.2 Å². The molecule has 0 bridgehead atoms. The maximum atomic E-state index is 12.5. The zero-order valence-corrected chi connectivity index (χ0v) is 24.1. The van der Waals surface area contributed by atoms with E-state index in [1.54, 1.807) is 11.8 Å². The third-order valence-electron chi connectivity index (χ3n) is 7.30. The predicted octanol–water partition coefficient (Wildman–Crippen LogP) is 5.03. The molecule has 0 unspecified atom stereocenters. The first-order valence-electron chi connectivity index (χ1n) is 13.0. The highest BCUT2D eigenvalue weighted by atomic mass is 35.5. The molecule has 1 aromatic carbocycles. The quantitative estimate of drug-likeness (QED) is 0.205. The lowest BCUT2D eigenvalue weighted by molar-refractivity contribution is 0.0955. The predicted molar refractivity (Wildman–Crippen MR) is 160 cm³/mol. The van der Waals surface area contributed by atoms with Crippen molar-refractivity contribution < 1.29 is 4.79 Å². The summed E-state index contributed by atoms with van der Waals surface area (Å²) in [4.78, 5) is 28.0. The van der Waals surface area contributed by atoms with Crippen molar-refractivity contribution in [1.29, 1.82) is 0 Å². The largest absolute Gasteiger partial charge is 0.366 e. The number of nitrogens with zero attached hydrogens (tertiary/aromatic N) is 4. The maximum Gasteiger partial charge on any atom is 0.251 e. The van der Waals surface area contributed by atoms with Gasteiger partial charge in [-0.3, -0.25) is 4.79 Å². The molecule has 1 amide bonds. The van der Waals surface area contributed by atoms with Crippen LogP contribution < -0.4 is 21.7 Å². The Kier molecular flexibility index (Phi) is 11.3. The van der Waals surface area contributed by atoms with E-state index in [1.165, 1.54) is 12.8 Å². The number of anilines is 2. The number of benzene rings is 1. The summed E-state index contributed by atoms with van der Waals surface area (Å²) in [5.41, 5.74) is 8.39. The minimum atomic E-state index is -0.0827. The average Bonchev–Trinajstić information content (AvgIpc) is 3.58. The number of fused-ring (bicyclic) bond motifs is 1. The van der Waals surface area contributed by atoms with Gasteiger partial charge in [-0.2, -0.15) is 9.97 Å². The summed E-state index contributed by atoms with van der Waals surface area (Å²) in [7, 11) is 0. The van der Waals surface area contributed by atoms with Crippen LogP contribution in [0.25, 0.3) is 11.2 Å². The molecule has 12 heteroatoms. The van der Waals surface area contributed by atoms with Gasteiger partial charge in [-0.1, -0.05) is 12.8 Å². The molecule has 2 fully saturated rings. The van der Waals surface area contributed by atoms with Crippen molar-refractivity contribution in [2.75, 3.05) is 30.0 Å². The van der Waals surface area contributed by atoms with Crippen LogP contribution in [0.2, 0.25) is 0 Å². The van der Waals surface area contributed by atoms with Gasteiger partial charge >= 0.3 is 0 Å². The molecule has 0 atom stereocenters. The number of imidazole rings is 1. The van der Waals surface area contributed by atoms with Crippen molar-refractivity contribution in [3.8, 4) is 0 Å². The van der Waals surface area contributed by atoms with E-state index in [2.05, 4.69) is 25.5 Å². The third-order valence-corrected chi connectivity index (χ3v) is 8.04. The number of carbonyl (C=O) groups excluding carboxylic acids is 1. The topological polar surface area (TPSA) is 123 Å². The van der Waals surface area contributed by atoms with Gasteiger partial charge in [0.15, 0.2) is 17.0 Å². The van der Waals surface area contributed by atoms with Crippen LogP contribution in [0.15, 0.2) is 35.5 Å². The highest BCUT2D eigenvalue weighted by Gasteiger charge is 2.23. The van der Waals surface area contributed by atoms with Gasteiger partial charge in [0, 0.05) is 41.7 Å². The van der Waals surface area contributed by atoms with E-state index in [1.807, 2.05) is 36.8 Å². The van der Waals surface area contributed by atoms with Crippen molar-refractivity contribution in [1.82, 2.24) is 24.8 Å². The fourth-order valence-electron chi connectivity index (χ4n) is 5.20. The van der Waals surface area contributed by atoms with Crippen LogP contribution in [-0.2, 0) is 0 Å². The van der Waals surface area contributed by atoms with Gasteiger partial charge in [-0.05, 0) is 69.0 Å². The van der Waals surface area contributed by atoms with Gasteiger partial charge < -0.3 is 26.3 Å². The molecule has 3 aromatic rings. The van der Waals surface area contributed by atoms with Crippen molar-refractivity contribution in [2.45, 2.75) is 74.4 Å². The second-order valence-corrected chi connectivity index (χ2v) is 10.7. The second-order valence-electron chi connectivity index (χ2n) is 9.83. The van der Waals surface area contributed by atoms with Gasteiger partial charge in [0.1, 0.15) is 0 Å². The molecule has 2 aliphatic rings. The van der Waals surface area contributed by atoms with Crippen molar-refractivity contribution >= 4 is 65.4 Å². The standard InChI is InChI=1S/C26H36N8OS.2ClH/c1-36-21-12-6-17(7-13-21)25(35)29-15-14-28-23-22-24(34(16-30-22)20-4-2-3-5-20)33-26(32-23)31-19-10-8-18(27)9-11-19;;/h6-7,12-13,16,18-20H,2-5,8-11,14-15,27H2,1H3,(H,29,35)(H2,28,31,32,33);2*1H/t18-,19-;;. The zero-order valence-electron chi connectivity index (χ0n) is 21.7. The molecule has 2 heterocycles. The number of thioether (sulfide) groups is 1. The molecule has 2 aliphatic carbocycles. The summed E-state index contributed by atoms with van der Waals surface area (Å²) in [5, 5.41) is 9.93. The van der Waals surface area contributed by atoms with Gasteiger partial charge in [-0.15, -0.1) is 36.6 Å². The number of nitrogens with one attached hydrogen (secondary N) is 3. The first kappa shape index (κ1) is 30.3. The van der Waals surface area contributed by atoms with Crippen LogP contribution >= 0.6 is 36.6 Å². The molecule has 2 aromatic heterocycles. The maximum absolute atomic E-state index is 12.5. The SMILES string of the molecule is CSc1ccc(C(=O)NCCNc2nc(N[C@H]3CC[C@H](N)CC3)nc3c2ncn3C2CCCC2)cc1.Cl.Cl. The average molecular weight is 582 g/mol. The molecule has 208 valence electrons. The lowest BCUT2D eigenvalue weighted by Gasteiger charge is -2.27. The number of halogens is 2. The van der Waals surface area contributed by atoms with Crippen LogP contribution in [0, 0.1) is 0 Å². The summed E-state index contributed by atoms with van der Waals surface area (Å²) in [6.45, 7) is 1.01. The number of amides is 1. The summed E-state index contributed by atoms with van der Waals surface area (Å²) < 4.78 is 2.22. The van der Waals surface area contributed by atoms with E-state index < -0.39 is 0 Å². The number of aromatic nitrogens is 4. The van der Waals surface area contributed by atoms with E-state index >= 15 is 0 Å². The molecule has 0 radical (unpaired) electrons. The zero-order chi connectivity index (χ0) is 24.9. The Morgan fingerprint density at radius 1 is 1.03 bits per heavy atom. The van der Waals surface area contributed by atoms with Crippen molar-refractivity contribution in [2.24, 2.45) is 5.73 Å². The molecule has 0 spiro atoms. The molecular weight excluding hydrogens is 543 g/mol. The molecule has 38 heavy (non-hydrogen) atoms. The minimum absolute atomic E-state index is 0. The summed E-state index contributed by atoms with van der Waals surface area (Å²) in [5.74, 6) is 1.24. The van der Waals surface area contributed by atoms with E-state index in [0.29, 0.717) is 48.5 Å².